The molecule has 0 N–H and O–H groups in total. The minimum absolute atomic E-state index is 0.00563. The number of ether oxygens (including phenoxy) is 2. The van der Waals surface area contributed by atoms with E-state index >= 15 is 0 Å². The quantitative estimate of drug-likeness (QED) is 0.793. The zero-order valence-corrected chi connectivity index (χ0v) is 16.9. The van der Waals surface area contributed by atoms with E-state index in [0.29, 0.717) is 31.7 Å². The van der Waals surface area contributed by atoms with Crippen LogP contribution in [0.4, 0.5) is 11.4 Å². The van der Waals surface area contributed by atoms with Crippen LogP contribution in [0.1, 0.15) is 30.9 Å². The van der Waals surface area contributed by atoms with Crippen molar-refractivity contribution in [3.8, 4) is 17.6 Å². The topological polar surface area (TPSA) is 65.8 Å². The van der Waals surface area contributed by atoms with E-state index in [-0.39, 0.29) is 12.0 Å². The minimum atomic E-state index is 0.00563. The van der Waals surface area contributed by atoms with Gasteiger partial charge in [0, 0.05) is 31.1 Å². The average Bonchev–Trinajstić information content (AvgIpc) is 3.21. The molecule has 0 spiro atoms. The van der Waals surface area contributed by atoms with Crippen molar-refractivity contribution in [2.75, 3.05) is 31.1 Å². The van der Waals surface area contributed by atoms with Gasteiger partial charge in [-0.15, -0.1) is 0 Å². The van der Waals surface area contributed by atoms with Crippen molar-refractivity contribution in [1.29, 1.82) is 5.26 Å². The highest BCUT2D eigenvalue weighted by atomic mass is 16.5. The molecule has 4 rings (SSSR count). The largest absolute Gasteiger partial charge is 0.490 e. The zero-order valence-electron chi connectivity index (χ0n) is 16.9. The van der Waals surface area contributed by atoms with E-state index in [1.165, 1.54) is 0 Å². The number of nitriles is 1. The lowest BCUT2D eigenvalue weighted by Crippen LogP contribution is -2.30. The average molecular weight is 391 g/mol. The van der Waals surface area contributed by atoms with Gasteiger partial charge in [0.1, 0.15) is 24.2 Å². The Morgan fingerprint density at radius 1 is 1.28 bits per heavy atom. The second-order valence-electron chi connectivity index (χ2n) is 7.46. The molecule has 1 fully saturated rings. The fourth-order valence-electron chi connectivity index (χ4n) is 3.90. The van der Waals surface area contributed by atoms with Crippen LogP contribution in [0.5, 0.6) is 11.5 Å². The van der Waals surface area contributed by atoms with Crippen LogP contribution in [0.25, 0.3) is 0 Å². The van der Waals surface area contributed by atoms with Crippen LogP contribution >= 0.6 is 0 Å². The van der Waals surface area contributed by atoms with Gasteiger partial charge in [-0.25, -0.2) is 0 Å². The smallest absolute Gasteiger partial charge is 0.222 e. The van der Waals surface area contributed by atoms with Crippen LogP contribution in [0, 0.1) is 18.3 Å². The summed E-state index contributed by atoms with van der Waals surface area (Å²) in [7, 11) is 0. The van der Waals surface area contributed by atoms with Crippen LogP contribution in [0.3, 0.4) is 0 Å². The second kappa shape index (κ2) is 8.04. The fourth-order valence-corrected chi connectivity index (χ4v) is 3.90. The fraction of sp³-hybridized carbons (Fsp3) is 0.391. The van der Waals surface area contributed by atoms with Gasteiger partial charge < -0.3 is 19.3 Å². The Balaban J connectivity index is 1.56. The van der Waals surface area contributed by atoms with Crippen LogP contribution in [-0.2, 0) is 4.79 Å². The van der Waals surface area contributed by atoms with Gasteiger partial charge in [-0.05, 0) is 36.8 Å². The summed E-state index contributed by atoms with van der Waals surface area (Å²) in [5.74, 6) is 1.74. The molecule has 0 aromatic heterocycles. The van der Waals surface area contributed by atoms with Crippen LogP contribution in [-0.4, -0.2) is 43.2 Å². The number of anilines is 2. The summed E-state index contributed by atoms with van der Waals surface area (Å²) in [6, 6.07) is 14.0. The van der Waals surface area contributed by atoms with E-state index in [2.05, 4.69) is 11.0 Å². The van der Waals surface area contributed by atoms with E-state index in [4.69, 9.17) is 9.47 Å². The van der Waals surface area contributed by atoms with Gasteiger partial charge in [0.05, 0.1) is 30.4 Å². The van der Waals surface area contributed by atoms with E-state index in [1.807, 2.05) is 55.1 Å². The third-order valence-electron chi connectivity index (χ3n) is 5.55. The number of amides is 1. The molecule has 1 saturated heterocycles. The SMILES string of the molecule is CCC(=O)N1CCC(Oc2ccc3c(c2)N(c2ccc(C)c(C#N)c2)CCO3)C1. The molecule has 1 amide bonds. The maximum atomic E-state index is 11.9. The van der Waals surface area contributed by atoms with E-state index < -0.39 is 0 Å². The first-order chi connectivity index (χ1) is 14.1. The van der Waals surface area contributed by atoms with Crippen molar-refractivity contribution in [1.82, 2.24) is 4.90 Å². The molecule has 1 unspecified atom stereocenters. The Bertz CT molecular complexity index is 966. The van der Waals surface area contributed by atoms with Gasteiger partial charge in [0.25, 0.3) is 0 Å². The van der Waals surface area contributed by atoms with Crippen LogP contribution in [0.2, 0.25) is 0 Å². The lowest BCUT2D eigenvalue weighted by molar-refractivity contribution is -0.130. The Labute approximate surface area is 171 Å². The maximum Gasteiger partial charge on any atom is 0.222 e. The third-order valence-corrected chi connectivity index (χ3v) is 5.55. The number of benzene rings is 2. The lowest BCUT2D eigenvalue weighted by atomic mass is 10.1. The molecule has 29 heavy (non-hydrogen) atoms. The first kappa shape index (κ1) is 19.1. The molecule has 6 heteroatoms. The summed E-state index contributed by atoms with van der Waals surface area (Å²) >= 11 is 0. The molecular formula is C23H25N3O3. The van der Waals surface area contributed by atoms with E-state index in [9.17, 15) is 10.1 Å². The number of fused-ring (bicyclic) bond motifs is 1. The molecule has 0 aliphatic carbocycles. The predicted molar refractivity (Wildman–Crippen MR) is 111 cm³/mol. The predicted octanol–water partition coefficient (Wildman–Crippen LogP) is 3.79. The molecule has 2 aliphatic heterocycles. The van der Waals surface area contributed by atoms with Gasteiger partial charge in [-0.2, -0.15) is 5.26 Å². The molecule has 150 valence electrons. The Hall–Kier alpha value is -3.20. The van der Waals surface area contributed by atoms with Crippen molar-refractivity contribution in [2.45, 2.75) is 32.8 Å². The molecule has 0 bridgehead atoms. The summed E-state index contributed by atoms with van der Waals surface area (Å²) in [4.78, 5) is 15.9. The van der Waals surface area contributed by atoms with Crippen molar-refractivity contribution in [3.05, 3.63) is 47.5 Å². The monoisotopic (exact) mass is 391 g/mol. The number of hydrogen-bond acceptors (Lipinski definition) is 5. The molecular weight excluding hydrogens is 366 g/mol. The summed E-state index contributed by atoms with van der Waals surface area (Å²) in [6.07, 6.45) is 1.37. The molecule has 2 aromatic rings. The van der Waals surface area contributed by atoms with Crippen molar-refractivity contribution in [3.63, 3.8) is 0 Å². The number of carbonyl (C=O) groups excluding carboxylic acids is 1. The first-order valence-electron chi connectivity index (χ1n) is 10.1. The van der Waals surface area contributed by atoms with Gasteiger partial charge in [-0.1, -0.05) is 13.0 Å². The first-order valence-corrected chi connectivity index (χ1v) is 10.1. The molecule has 2 aromatic carbocycles. The highest BCUT2D eigenvalue weighted by Gasteiger charge is 2.27. The third kappa shape index (κ3) is 3.86. The van der Waals surface area contributed by atoms with E-state index in [1.54, 1.807) is 0 Å². The Kier molecular flexibility index (Phi) is 5.30. The molecule has 6 nitrogen and oxygen atoms in total. The van der Waals surface area contributed by atoms with Crippen LogP contribution < -0.4 is 14.4 Å². The minimum Gasteiger partial charge on any atom is -0.490 e. The van der Waals surface area contributed by atoms with Crippen molar-refractivity contribution in [2.24, 2.45) is 0 Å². The van der Waals surface area contributed by atoms with Crippen LogP contribution in [0.15, 0.2) is 36.4 Å². The standard InChI is InChI=1S/C23H25N3O3/c1-3-23(27)25-9-8-20(15-25)29-19-6-7-22-21(13-19)26(10-11-28-22)18-5-4-16(2)17(12-18)14-24/h4-7,12-13,20H,3,8-11,15H2,1-2H3. The van der Waals surface area contributed by atoms with Gasteiger partial charge in [0.2, 0.25) is 5.91 Å². The number of carbonyl (C=O) groups is 1. The Morgan fingerprint density at radius 2 is 2.14 bits per heavy atom. The molecule has 0 saturated carbocycles. The summed E-state index contributed by atoms with van der Waals surface area (Å²) in [5.41, 5.74) is 3.54. The lowest BCUT2D eigenvalue weighted by Gasteiger charge is -2.32. The molecule has 0 radical (unpaired) electrons. The number of hydrogen-bond donors (Lipinski definition) is 0. The van der Waals surface area contributed by atoms with Gasteiger partial charge in [0.15, 0.2) is 0 Å². The number of aryl methyl sites for hydroxylation is 1. The normalized spacial score (nSPS) is 18.0. The number of nitrogens with zero attached hydrogens (tertiary/aromatic N) is 3. The summed E-state index contributed by atoms with van der Waals surface area (Å²) in [6.45, 7) is 6.49. The zero-order chi connectivity index (χ0) is 20.4. The molecule has 1 atom stereocenters. The highest BCUT2D eigenvalue weighted by Crippen LogP contribution is 2.40. The molecule has 2 heterocycles. The highest BCUT2D eigenvalue weighted by molar-refractivity contribution is 5.76. The van der Waals surface area contributed by atoms with E-state index in [0.717, 1.165) is 41.4 Å². The van der Waals surface area contributed by atoms with Crippen molar-refractivity contribution >= 4 is 17.3 Å². The summed E-state index contributed by atoms with van der Waals surface area (Å²) in [5, 5.41) is 9.38. The maximum absolute atomic E-state index is 11.9. The number of likely N-dealkylation sites (tertiary alicyclic amines) is 1. The number of rotatable bonds is 4. The second-order valence-corrected chi connectivity index (χ2v) is 7.46. The van der Waals surface area contributed by atoms with Crippen molar-refractivity contribution < 1.29 is 14.3 Å². The Morgan fingerprint density at radius 3 is 2.93 bits per heavy atom. The summed E-state index contributed by atoms with van der Waals surface area (Å²) < 4.78 is 12.0. The van der Waals surface area contributed by atoms with Gasteiger partial charge >= 0.3 is 0 Å². The molecule has 2 aliphatic rings. The van der Waals surface area contributed by atoms with Gasteiger partial charge in [-0.3, -0.25) is 4.79 Å².